The summed E-state index contributed by atoms with van der Waals surface area (Å²) >= 11 is 0. The van der Waals surface area contributed by atoms with E-state index in [9.17, 15) is 18.0 Å². The van der Waals surface area contributed by atoms with Crippen molar-refractivity contribution >= 4 is 33.4 Å². The van der Waals surface area contributed by atoms with E-state index in [0.29, 0.717) is 64.3 Å². The van der Waals surface area contributed by atoms with Crippen LogP contribution in [0.15, 0.2) is 24.3 Å². The lowest BCUT2D eigenvalue weighted by molar-refractivity contribution is -0.117. The molecule has 2 heterocycles. The Labute approximate surface area is 185 Å². The number of anilines is 2. The van der Waals surface area contributed by atoms with E-state index in [0.717, 1.165) is 18.7 Å². The van der Waals surface area contributed by atoms with Crippen molar-refractivity contribution in [3.8, 4) is 0 Å². The number of rotatable bonds is 9. The molecule has 9 nitrogen and oxygen atoms in total. The fourth-order valence-electron chi connectivity index (χ4n) is 4.03. The average molecular weight is 452 g/mol. The molecule has 10 heteroatoms. The molecule has 0 unspecified atom stereocenters. The third-order valence-corrected chi connectivity index (χ3v) is 8.07. The molecule has 0 spiro atoms. The normalized spacial score (nSPS) is 18.7. The lowest BCUT2D eigenvalue weighted by Crippen LogP contribution is -2.53. The van der Waals surface area contributed by atoms with Gasteiger partial charge in [0.25, 0.3) is 10.2 Å². The summed E-state index contributed by atoms with van der Waals surface area (Å²) in [6, 6.07) is 7.34. The number of nitrogens with one attached hydrogen (secondary N) is 1. The van der Waals surface area contributed by atoms with E-state index in [1.54, 1.807) is 4.90 Å². The first-order valence-electron chi connectivity index (χ1n) is 11.0. The Kier molecular flexibility index (Phi) is 8.04. The second-order valence-corrected chi connectivity index (χ2v) is 9.76. The van der Waals surface area contributed by atoms with Gasteiger partial charge in [-0.2, -0.15) is 17.0 Å². The monoisotopic (exact) mass is 451 g/mol. The SMILES string of the molecule is CCN(CC)S(=O)(=O)N1CCN(CCC(=O)Nc2ccc(N3CCCC3=O)cc2)CC1. The van der Waals surface area contributed by atoms with Crippen molar-refractivity contribution in [3.05, 3.63) is 24.3 Å². The summed E-state index contributed by atoms with van der Waals surface area (Å²) in [4.78, 5) is 28.0. The number of benzene rings is 1. The van der Waals surface area contributed by atoms with Crippen molar-refractivity contribution in [2.45, 2.75) is 33.1 Å². The molecule has 2 aliphatic heterocycles. The maximum atomic E-state index is 12.6. The van der Waals surface area contributed by atoms with Crippen LogP contribution in [-0.4, -0.2) is 86.1 Å². The van der Waals surface area contributed by atoms with E-state index in [4.69, 9.17) is 0 Å². The summed E-state index contributed by atoms with van der Waals surface area (Å²) in [7, 11) is -3.40. The summed E-state index contributed by atoms with van der Waals surface area (Å²) in [5, 5.41) is 2.89. The number of nitrogens with zero attached hydrogens (tertiary/aromatic N) is 4. The van der Waals surface area contributed by atoms with E-state index < -0.39 is 10.2 Å². The molecule has 1 aromatic carbocycles. The highest BCUT2D eigenvalue weighted by Gasteiger charge is 2.30. The van der Waals surface area contributed by atoms with Gasteiger partial charge in [0.2, 0.25) is 11.8 Å². The van der Waals surface area contributed by atoms with Crippen molar-refractivity contribution in [2.24, 2.45) is 0 Å². The van der Waals surface area contributed by atoms with Gasteiger partial charge in [0.1, 0.15) is 0 Å². The van der Waals surface area contributed by atoms with Gasteiger partial charge >= 0.3 is 0 Å². The van der Waals surface area contributed by atoms with Crippen LogP contribution in [0, 0.1) is 0 Å². The smallest absolute Gasteiger partial charge is 0.282 e. The molecule has 2 aliphatic rings. The largest absolute Gasteiger partial charge is 0.326 e. The lowest BCUT2D eigenvalue weighted by Gasteiger charge is -2.36. The van der Waals surface area contributed by atoms with Gasteiger partial charge in [0.15, 0.2) is 0 Å². The number of amides is 2. The Morgan fingerprint density at radius 1 is 1.03 bits per heavy atom. The third-order valence-electron chi connectivity index (χ3n) is 5.88. The zero-order valence-corrected chi connectivity index (χ0v) is 19.2. The van der Waals surface area contributed by atoms with Crippen LogP contribution in [0.3, 0.4) is 0 Å². The first-order chi connectivity index (χ1) is 14.8. The van der Waals surface area contributed by atoms with E-state index in [1.807, 2.05) is 38.1 Å². The molecule has 2 amide bonds. The van der Waals surface area contributed by atoms with Gasteiger partial charge < -0.3 is 15.1 Å². The zero-order valence-electron chi connectivity index (χ0n) is 18.4. The first kappa shape index (κ1) is 23.6. The second kappa shape index (κ2) is 10.5. The zero-order chi connectivity index (χ0) is 22.4. The molecule has 3 rings (SSSR count). The Bertz CT molecular complexity index is 862. The molecule has 0 aromatic heterocycles. The minimum absolute atomic E-state index is 0.0804. The Hall–Kier alpha value is -2.01. The van der Waals surface area contributed by atoms with Gasteiger partial charge in [-0.25, -0.2) is 0 Å². The standard InChI is InChI=1S/C21H33N5O4S/c1-3-24(4-2)31(29,30)25-16-14-23(15-17-25)13-11-20(27)22-18-7-9-19(10-8-18)26-12-5-6-21(26)28/h7-10H,3-6,11-17H2,1-2H3,(H,22,27). The molecule has 0 atom stereocenters. The van der Waals surface area contributed by atoms with Crippen LogP contribution in [0.5, 0.6) is 0 Å². The molecule has 2 fully saturated rings. The molecule has 1 aromatic rings. The predicted octanol–water partition coefficient (Wildman–Crippen LogP) is 1.35. The maximum Gasteiger partial charge on any atom is 0.282 e. The number of carbonyl (C=O) groups is 2. The molecule has 31 heavy (non-hydrogen) atoms. The van der Waals surface area contributed by atoms with Crippen LogP contribution < -0.4 is 10.2 Å². The topological polar surface area (TPSA) is 93.3 Å². The van der Waals surface area contributed by atoms with E-state index in [-0.39, 0.29) is 11.8 Å². The summed E-state index contributed by atoms with van der Waals surface area (Å²) in [5.74, 6) is 0.0602. The number of hydrogen-bond acceptors (Lipinski definition) is 5. The van der Waals surface area contributed by atoms with Crippen LogP contribution in [0.1, 0.15) is 33.1 Å². The van der Waals surface area contributed by atoms with Gasteiger partial charge in [0.05, 0.1) is 0 Å². The van der Waals surface area contributed by atoms with Gasteiger partial charge in [-0.1, -0.05) is 13.8 Å². The Morgan fingerprint density at radius 2 is 1.68 bits per heavy atom. The third kappa shape index (κ3) is 5.82. The molecule has 172 valence electrons. The summed E-state index contributed by atoms with van der Waals surface area (Å²) in [6.45, 7) is 8.07. The molecular formula is C21H33N5O4S. The van der Waals surface area contributed by atoms with Crippen LogP contribution in [0.4, 0.5) is 11.4 Å². The van der Waals surface area contributed by atoms with E-state index >= 15 is 0 Å². The highest BCUT2D eigenvalue weighted by Crippen LogP contribution is 2.23. The van der Waals surface area contributed by atoms with Gasteiger partial charge in [-0.05, 0) is 30.7 Å². The molecule has 0 bridgehead atoms. The van der Waals surface area contributed by atoms with Gasteiger partial charge in [-0.15, -0.1) is 0 Å². The van der Waals surface area contributed by atoms with Crippen LogP contribution in [0.2, 0.25) is 0 Å². The summed E-state index contributed by atoms with van der Waals surface area (Å²) in [5.41, 5.74) is 1.56. The fraction of sp³-hybridized carbons (Fsp3) is 0.619. The van der Waals surface area contributed by atoms with Crippen molar-refractivity contribution < 1.29 is 18.0 Å². The van der Waals surface area contributed by atoms with Gasteiger partial charge in [-0.3, -0.25) is 9.59 Å². The molecule has 0 aliphatic carbocycles. The van der Waals surface area contributed by atoms with Crippen molar-refractivity contribution in [1.29, 1.82) is 0 Å². The van der Waals surface area contributed by atoms with Crippen LogP contribution in [0.25, 0.3) is 0 Å². The lowest BCUT2D eigenvalue weighted by atomic mass is 10.2. The quantitative estimate of drug-likeness (QED) is 0.612. The first-order valence-corrected chi connectivity index (χ1v) is 12.4. The molecule has 0 saturated carbocycles. The van der Waals surface area contributed by atoms with Crippen LogP contribution >= 0.6 is 0 Å². The number of piperazine rings is 1. The van der Waals surface area contributed by atoms with Gasteiger partial charge in [0, 0.05) is 76.6 Å². The van der Waals surface area contributed by atoms with E-state index in [1.165, 1.54) is 8.61 Å². The van der Waals surface area contributed by atoms with Crippen LogP contribution in [-0.2, 0) is 19.8 Å². The molecule has 2 saturated heterocycles. The van der Waals surface area contributed by atoms with Crippen molar-refractivity contribution in [1.82, 2.24) is 13.5 Å². The summed E-state index contributed by atoms with van der Waals surface area (Å²) in [6.07, 6.45) is 1.82. The summed E-state index contributed by atoms with van der Waals surface area (Å²) < 4.78 is 28.2. The number of carbonyl (C=O) groups excluding carboxylic acids is 2. The molecule has 1 N–H and O–H groups in total. The van der Waals surface area contributed by atoms with Crippen molar-refractivity contribution in [2.75, 3.05) is 62.6 Å². The highest BCUT2D eigenvalue weighted by molar-refractivity contribution is 7.86. The van der Waals surface area contributed by atoms with E-state index in [2.05, 4.69) is 10.2 Å². The maximum absolute atomic E-state index is 12.6. The Balaban J connectivity index is 1.42. The minimum Gasteiger partial charge on any atom is -0.326 e. The number of hydrogen-bond donors (Lipinski definition) is 1. The fourth-order valence-corrected chi connectivity index (χ4v) is 5.63. The van der Waals surface area contributed by atoms with Crippen molar-refractivity contribution in [3.63, 3.8) is 0 Å². The average Bonchev–Trinajstić information content (AvgIpc) is 3.19. The predicted molar refractivity (Wildman–Crippen MR) is 121 cm³/mol. The Morgan fingerprint density at radius 3 is 2.23 bits per heavy atom. The minimum atomic E-state index is -3.40. The molecule has 0 radical (unpaired) electrons. The highest BCUT2D eigenvalue weighted by atomic mass is 32.2. The second-order valence-electron chi connectivity index (χ2n) is 7.83. The molecular weight excluding hydrogens is 418 g/mol.